The van der Waals surface area contributed by atoms with Gasteiger partial charge in [-0.15, -0.1) is 0 Å². The molecule has 5 nitrogen and oxygen atoms in total. The van der Waals surface area contributed by atoms with Gasteiger partial charge in [-0.2, -0.15) is 0 Å². The van der Waals surface area contributed by atoms with Gasteiger partial charge in [-0.1, -0.05) is 18.2 Å². The van der Waals surface area contributed by atoms with E-state index in [1.54, 1.807) is 12.2 Å². The van der Waals surface area contributed by atoms with Crippen LogP contribution >= 0.6 is 8.60 Å². The predicted molar refractivity (Wildman–Crippen MR) is 55.8 cm³/mol. The molecule has 4 N–H and O–H groups in total. The van der Waals surface area contributed by atoms with Crippen molar-refractivity contribution in [3.8, 4) is 0 Å². The van der Waals surface area contributed by atoms with E-state index in [-0.39, 0.29) is 6.61 Å². The summed E-state index contributed by atoms with van der Waals surface area (Å²) in [5.41, 5.74) is 0.914. The average Bonchev–Trinajstić information content (AvgIpc) is 2.18. The number of hydrogen-bond acceptors (Lipinski definition) is 5. The Kier molecular flexibility index (Phi) is 5.39. The Bertz CT molecular complexity index is 251. The molecule has 86 valence electrons. The summed E-state index contributed by atoms with van der Waals surface area (Å²) < 4.78 is 4.59. The zero-order chi connectivity index (χ0) is 11.3. The Morgan fingerprint density at radius 1 is 1.27 bits per heavy atom. The number of hydrogen-bond donors (Lipinski definition) is 4. The SMILES string of the molecule is OC1C=CC(CCCOP(O)O)=CC1O. The molecule has 0 bridgehead atoms. The largest absolute Gasteiger partial charge is 0.386 e. The predicted octanol–water partition coefficient (Wildman–Crippen LogP) is 0.213. The maximum atomic E-state index is 9.31. The summed E-state index contributed by atoms with van der Waals surface area (Å²) >= 11 is 0. The molecule has 0 fully saturated rings. The van der Waals surface area contributed by atoms with Gasteiger partial charge in [0, 0.05) is 0 Å². The van der Waals surface area contributed by atoms with Crippen molar-refractivity contribution in [1.82, 2.24) is 0 Å². The minimum atomic E-state index is -2.27. The minimum absolute atomic E-state index is 0.266. The summed E-state index contributed by atoms with van der Waals surface area (Å²) in [6, 6.07) is 0. The van der Waals surface area contributed by atoms with Crippen LogP contribution in [-0.4, -0.2) is 38.8 Å². The molecule has 1 aliphatic carbocycles. The van der Waals surface area contributed by atoms with Crippen molar-refractivity contribution >= 4 is 8.60 Å². The van der Waals surface area contributed by atoms with Crippen molar-refractivity contribution in [2.24, 2.45) is 0 Å². The molecule has 1 rings (SSSR count). The lowest BCUT2D eigenvalue weighted by atomic mass is 9.99. The fourth-order valence-corrected chi connectivity index (χ4v) is 1.59. The third-order valence-corrected chi connectivity index (χ3v) is 2.47. The molecule has 6 heteroatoms. The summed E-state index contributed by atoms with van der Waals surface area (Å²) in [7, 11) is -2.27. The van der Waals surface area contributed by atoms with E-state index in [1.807, 2.05) is 0 Å². The van der Waals surface area contributed by atoms with Gasteiger partial charge in [0.15, 0.2) is 0 Å². The fraction of sp³-hybridized carbons (Fsp3) is 0.556. The van der Waals surface area contributed by atoms with Gasteiger partial charge in [0.05, 0.1) is 6.61 Å². The highest BCUT2D eigenvalue weighted by Crippen LogP contribution is 2.25. The second-order valence-corrected chi connectivity index (χ2v) is 4.04. The van der Waals surface area contributed by atoms with Crippen LogP contribution in [0.3, 0.4) is 0 Å². The zero-order valence-corrected chi connectivity index (χ0v) is 9.05. The normalized spacial score (nSPS) is 25.8. The van der Waals surface area contributed by atoms with Crippen LogP contribution in [0.15, 0.2) is 23.8 Å². The van der Waals surface area contributed by atoms with E-state index < -0.39 is 20.8 Å². The van der Waals surface area contributed by atoms with Crippen LogP contribution in [0, 0.1) is 0 Å². The van der Waals surface area contributed by atoms with Gasteiger partial charge in [0.2, 0.25) is 0 Å². The minimum Gasteiger partial charge on any atom is -0.386 e. The summed E-state index contributed by atoms with van der Waals surface area (Å²) in [4.78, 5) is 16.9. The standard InChI is InChI=1S/C9H15O5P/c10-8-4-3-7(6-9(8)11)2-1-5-14-15(12)13/h3-4,6,8-13H,1-2,5H2. The Morgan fingerprint density at radius 2 is 2.00 bits per heavy atom. The van der Waals surface area contributed by atoms with Crippen molar-refractivity contribution in [2.45, 2.75) is 25.0 Å². The highest BCUT2D eigenvalue weighted by Gasteiger charge is 2.14. The molecule has 15 heavy (non-hydrogen) atoms. The maximum Gasteiger partial charge on any atom is 0.327 e. The molecule has 1 aliphatic rings. The van der Waals surface area contributed by atoms with E-state index in [1.165, 1.54) is 6.08 Å². The monoisotopic (exact) mass is 234 g/mol. The highest BCUT2D eigenvalue weighted by molar-refractivity contribution is 7.39. The van der Waals surface area contributed by atoms with Crippen molar-refractivity contribution in [2.75, 3.05) is 6.61 Å². The van der Waals surface area contributed by atoms with Crippen LogP contribution in [0.25, 0.3) is 0 Å². The van der Waals surface area contributed by atoms with E-state index in [0.717, 1.165) is 5.57 Å². The van der Waals surface area contributed by atoms with Gasteiger partial charge in [0.1, 0.15) is 12.2 Å². The lowest BCUT2D eigenvalue weighted by molar-refractivity contribution is 0.0785. The molecular formula is C9H15O5P. The maximum absolute atomic E-state index is 9.31. The number of aliphatic hydroxyl groups excluding tert-OH is 2. The molecule has 0 aromatic carbocycles. The first-order valence-corrected chi connectivity index (χ1v) is 5.82. The second-order valence-electron chi connectivity index (χ2n) is 3.27. The van der Waals surface area contributed by atoms with Gasteiger partial charge in [0.25, 0.3) is 0 Å². The molecule has 0 saturated carbocycles. The van der Waals surface area contributed by atoms with E-state index in [2.05, 4.69) is 4.52 Å². The summed E-state index contributed by atoms with van der Waals surface area (Å²) in [5.74, 6) is 0. The molecule has 0 radical (unpaired) electrons. The smallest absolute Gasteiger partial charge is 0.327 e. The van der Waals surface area contributed by atoms with Crippen molar-refractivity contribution in [1.29, 1.82) is 0 Å². The Labute approximate surface area is 89.3 Å². The molecule has 0 aromatic heterocycles. The van der Waals surface area contributed by atoms with Crippen molar-refractivity contribution in [3.63, 3.8) is 0 Å². The third kappa shape index (κ3) is 4.84. The van der Waals surface area contributed by atoms with Crippen LogP contribution in [0.4, 0.5) is 0 Å². The van der Waals surface area contributed by atoms with Gasteiger partial charge in [-0.25, -0.2) is 0 Å². The fourth-order valence-electron chi connectivity index (χ4n) is 1.30. The quantitative estimate of drug-likeness (QED) is 0.403. The van der Waals surface area contributed by atoms with E-state index in [9.17, 15) is 10.2 Å². The first-order chi connectivity index (χ1) is 7.09. The van der Waals surface area contributed by atoms with Crippen molar-refractivity contribution < 1.29 is 24.5 Å². The summed E-state index contributed by atoms with van der Waals surface area (Å²) in [6.45, 7) is 0.266. The summed E-state index contributed by atoms with van der Waals surface area (Å²) in [5, 5.41) is 18.5. The van der Waals surface area contributed by atoms with Crippen LogP contribution < -0.4 is 0 Å². The van der Waals surface area contributed by atoms with Crippen molar-refractivity contribution in [3.05, 3.63) is 23.8 Å². The molecule has 0 saturated heterocycles. The van der Waals surface area contributed by atoms with E-state index in [0.29, 0.717) is 12.8 Å². The Hall–Kier alpha value is -0.290. The van der Waals surface area contributed by atoms with E-state index in [4.69, 9.17) is 9.79 Å². The van der Waals surface area contributed by atoms with Gasteiger partial charge >= 0.3 is 8.60 Å². The number of allylic oxidation sites excluding steroid dienone is 2. The first kappa shape index (κ1) is 12.8. The highest BCUT2D eigenvalue weighted by atomic mass is 31.2. The van der Waals surface area contributed by atoms with Crippen LogP contribution in [0.1, 0.15) is 12.8 Å². The van der Waals surface area contributed by atoms with Crippen LogP contribution in [0.2, 0.25) is 0 Å². The molecule has 2 atom stereocenters. The average molecular weight is 234 g/mol. The van der Waals surface area contributed by atoms with Crippen LogP contribution in [-0.2, 0) is 4.52 Å². The molecule has 0 aliphatic heterocycles. The molecule has 2 unspecified atom stereocenters. The molecule has 0 aromatic rings. The van der Waals surface area contributed by atoms with Gasteiger partial charge < -0.3 is 24.5 Å². The third-order valence-electron chi connectivity index (χ3n) is 2.06. The Morgan fingerprint density at radius 3 is 2.60 bits per heavy atom. The second kappa shape index (κ2) is 6.33. The zero-order valence-electron chi connectivity index (χ0n) is 8.15. The Balaban J connectivity index is 2.22. The van der Waals surface area contributed by atoms with Crippen LogP contribution in [0.5, 0.6) is 0 Å². The van der Waals surface area contributed by atoms with E-state index >= 15 is 0 Å². The lowest BCUT2D eigenvalue weighted by Gasteiger charge is -2.17. The van der Waals surface area contributed by atoms with Gasteiger partial charge in [-0.3, -0.25) is 0 Å². The van der Waals surface area contributed by atoms with Gasteiger partial charge in [-0.05, 0) is 18.4 Å². The summed E-state index contributed by atoms with van der Waals surface area (Å²) in [6.07, 6.45) is 4.50. The molecule has 0 heterocycles. The number of aliphatic hydroxyl groups is 2. The molecule has 0 spiro atoms. The topological polar surface area (TPSA) is 90.2 Å². The first-order valence-electron chi connectivity index (χ1n) is 4.65. The number of rotatable bonds is 5. The molecular weight excluding hydrogens is 219 g/mol. The lowest BCUT2D eigenvalue weighted by Crippen LogP contribution is -2.24. The molecule has 0 amide bonds.